The van der Waals surface area contributed by atoms with Gasteiger partial charge in [-0.15, -0.1) is 0 Å². The van der Waals surface area contributed by atoms with E-state index in [9.17, 15) is 0 Å². The van der Waals surface area contributed by atoms with Crippen molar-refractivity contribution in [2.24, 2.45) is 0 Å². The minimum atomic E-state index is 0.398. The molecule has 0 unspecified atom stereocenters. The van der Waals surface area contributed by atoms with Crippen LogP contribution in [0.3, 0.4) is 0 Å². The number of piperidine rings is 1. The summed E-state index contributed by atoms with van der Waals surface area (Å²) in [5, 5.41) is 1.55. The Bertz CT molecular complexity index is 848. The van der Waals surface area contributed by atoms with Gasteiger partial charge in [-0.1, -0.05) is 38.3 Å². The second kappa shape index (κ2) is 8.07. The second-order valence-corrected chi connectivity index (χ2v) is 10.0. The van der Waals surface area contributed by atoms with Crippen LogP contribution in [-0.2, 0) is 11.2 Å². The fourth-order valence-electron chi connectivity index (χ4n) is 6.43. The lowest BCUT2D eigenvalue weighted by molar-refractivity contribution is -0.0783. The van der Waals surface area contributed by atoms with E-state index < -0.39 is 0 Å². The predicted molar refractivity (Wildman–Crippen MR) is 121 cm³/mol. The summed E-state index contributed by atoms with van der Waals surface area (Å²) in [6, 6.07) is 8.18. The van der Waals surface area contributed by atoms with Gasteiger partial charge in [0.1, 0.15) is 0 Å². The number of ether oxygens (including phenoxy) is 1. The molecular weight excluding hydrogens is 356 g/mol. The van der Waals surface area contributed by atoms with Gasteiger partial charge >= 0.3 is 0 Å². The highest BCUT2D eigenvalue weighted by Crippen LogP contribution is 2.45. The fourth-order valence-corrected chi connectivity index (χ4v) is 6.43. The van der Waals surface area contributed by atoms with E-state index in [1.807, 2.05) is 0 Å². The number of fused-ring (bicyclic) bond motifs is 2. The number of nitrogens with zero attached hydrogens (tertiary/aromatic N) is 2. The number of likely N-dealkylation sites (tertiary alicyclic amines) is 1. The molecule has 3 heteroatoms. The van der Waals surface area contributed by atoms with Crippen molar-refractivity contribution < 1.29 is 4.74 Å². The lowest BCUT2D eigenvalue weighted by Crippen LogP contribution is -2.53. The van der Waals surface area contributed by atoms with Crippen molar-refractivity contribution in [3.63, 3.8) is 0 Å². The van der Waals surface area contributed by atoms with Crippen molar-refractivity contribution in [3.8, 4) is 0 Å². The molecule has 0 spiro atoms. The summed E-state index contributed by atoms with van der Waals surface area (Å²) >= 11 is 0. The van der Waals surface area contributed by atoms with Crippen LogP contribution in [0.15, 0.2) is 24.4 Å². The molecule has 0 amide bonds. The first kappa shape index (κ1) is 19.6. The van der Waals surface area contributed by atoms with Gasteiger partial charge in [-0.3, -0.25) is 4.90 Å². The normalized spacial score (nSPS) is 28.2. The van der Waals surface area contributed by atoms with Gasteiger partial charge in [0.2, 0.25) is 0 Å². The van der Waals surface area contributed by atoms with Crippen LogP contribution >= 0.6 is 0 Å². The topological polar surface area (TPSA) is 17.4 Å². The Morgan fingerprint density at radius 1 is 1.10 bits per heavy atom. The van der Waals surface area contributed by atoms with Crippen molar-refractivity contribution in [3.05, 3.63) is 35.5 Å². The van der Waals surface area contributed by atoms with E-state index in [1.165, 1.54) is 63.4 Å². The van der Waals surface area contributed by atoms with Crippen LogP contribution in [0, 0.1) is 0 Å². The molecule has 2 heterocycles. The Hall–Kier alpha value is -1.32. The molecule has 29 heavy (non-hydrogen) atoms. The molecule has 1 aliphatic heterocycles. The van der Waals surface area contributed by atoms with E-state index in [1.54, 1.807) is 16.5 Å². The lowest BCUT2D eigenvalue weighted by atomic mass is 9.74. The quantitative estimate of drug-likeness (QED) is 0.613. The Morgan fingerprint density at radius 3 is 2.69 bits per heavy atom. The van der Waals surface area contributed by atoms with Gasteiger partial charge in [0, 0.05) is 41.6 Å². The largest absolute Gasteiger partial charge is 0.374 e. The van der Waals surface area contributed by atoms with Crippen LogP contribution in [0.4, 0.5) is 0 Å². The van der Waals surface area contributed by atoms with Gasteiger partial charge in [-0.2, -0.15) is 0 Å². The zero-order valence-corrected chi connectivity index (χ0v) is 18.6. The summed E-state index contributed by atoms with van der Waals surface area (Å²) in [5.74, 6) is 0.614. The molecule has 1 saturated carbocycles. The zero-order valence-electron chi connectivity index (χ0n) is 18.6. The summed E-state index contributed by atoms with van der Waals surface area (Å²) in [5.41, 5.74) is 4.59. The van der Waals surface area contributed by atoms with Crippen LogP contribution in [0.1, 0.15) is 88.8 Å². The maximum Gasteiger partial charge on any atom is 0.0712 e. The van der Waals surface area contributed by atoms with E-state index in [-0.39, 0.29) is 0 Å². The maximum atomic E-state index is 6.74. The van der Waals surface area contributed by atoms with Crippen molar-refractivity contribution in [1.29, 1.82) is 0 Å². The number of rotatable bonds is 5. The Balaban J connectivity index is 1.48. The average Bonchev–Trinajstić information content (AvgIpc) is 3.10. The summed E-state index contributed by atoms with van der Waals surface area (Å²) in [7, 11) is 0. The lowest BCUT2D eigenvalue weighted by Gasteiger charge is -2.47. The molecule has 0 radical (unpaired) electrons. The molecule has 0 N–H and O–H groups in total. The molecule has 2 aliphatic carbocycles. The first-order valence-electron chi connectivity index (χ1n) is 12.2. The van der Waals surface area contributed by atoms with E-state index in [4.69, 9.17) is 4.74 Å². The van der Waals surface area contributed by atoms with Gasteiger partial charge in [0.25, 0.3) is 0 Å². The minimum Gasteiger partial charge on any atom is -0.374 e. The van der Waals surface area contributed by atoms with Crippen molar-refractivity contribution in [2.45, 2.75) is 102 Å². The average molecular weight is 395 g/mol. The Kier molecular flexibility index (Phi) is 5.47. The molecule has 5 rings (SSSR count). The molecule has 158 valence electrons. The number of hydrogen-bond acceptors (Lipinski definition) is 2. The third kappa shape index (κ3) is 3.55. The van der Waals surface area contributed by atoms with Gasteiger partial charge < -0.3 is 9.30 Å². The second-order valence-electron chi connectivity index (χ2n) is 10.0. The van der Waals surface area contributed by atoms with Gasteiger partial charge in [0.05, 0.1) is 12.2 Å². The van der Waals surface area contributed by atoms with E-state index in [0.717, 1.165) is 6.54 Å². The molecule has 3 nitrogen and oxygen atoms in total. The number of aromatic nitrogens is 1. The monoisotopic (exact) mass is 394 g/mol. The third-order valence-corrected chi connectivity index (χ3v) is 7.69. The van der Waals surface area contributed by atoms with Gasteiger partial charge in [-0.25, -0.2) is 0 Å². The van der Waals surface area contributed by atoms with Gasteiger partial charge in [0.15, 0.2) is 0 Å². The van der Waals surface area contributed by atoms with Crippen molar-refractivity contribution >= 4 is 10.9 Å². The fraction of sp³-hybridized carbons (Fsp3) is 0.692. The molecule has 1 saturated heterocycles. The van der Waals surface area contributed by atoms with Crippen molar-refractivity contribution in [1.82, 2.24) is 9.47 Å². The van der Waals surface area contributed by atoms with Crippen LogP contribution in [0.5, 0.6) is 0 Å². The standard InChI is InChI=1S/C26H38N2O/c1-4-13-27-17-21(29-20-9-6-5-7-10-20)15-23-22-11-8-12-24-26(22)19(14-25(23)27)16-28(24)18(2)3/h8,11-12,16,18,20-21,23,25H,4-7,9-10,13-15,17H2,1-3H3/t21-,23-,25-/m1/s1. The van der Waals surface area contributed by atoms with Crippen LogP contribution in [0.25, 0.3) is 10.9 Å². The third-order valence-electron chi connectivity index (χ3n) is 7.69. The summed E-state index contributed by atoms with van der Waals surface area (Å²) < 4.78 is 9.23. The maximum absolute atomic E-state index is 6.74. The van der Waals surface area contributed by atoms with Gasteiger partial charge in [-0.05, 0) is 69.7 Å². The molecule has 1 aromatic carbocycles. The Morgan fingerprint density at radius 2 is 1.93 bits per heavy atom. The number of hydrogen-bond donors (Lipinski definition) is 0. The summed E-state index contributed by atoms with van der Waals surface area (Å²) in [4.78, 5) is 2.77. The molecular formula is C26H38N2O. The molecule has 1 aromatic heterocycles. The molecule has 3 atom stereocenters. The highest BCUT2D eigenvalue weighted by Gasteiger charge is 2.41. The van der Waals surface area contributed by atoms with Crippen LogP contribution in [-0.4, -0.2) is 40.8 Å². The highest BCUT2D eigenvalue weighted by atomic mass is 16.5. The van der Waals surface area contributed by atoms with E-state index in [2.05, 4.69) is 54.6 Å². The first-order valence-corrected chi connectivity index (χ1v) is 12.2. The molecule has 0 bridgehead atoms. The van der Waals surface area contributed by atoms with Crippen molar-refractivity contribution in [2.75, 3.05) is 13.1 Å². The summed E-state index contributed by atoms with van der Waals surface area (Å²) in [6.45, 7) is 9.25. The van der Waals surface area contributed by atoms with Crippen LogP contribution < -0.4 is 0 Å². The molecule has 2 fully saturated rings. The van der Waals surface area contributed by atoms with Crippen LogP contribution in [0.2, 0.25) is 0 Å². The first-order chi connectivity index (χ1) is 14.2. The highest BCUT2D eigenvalue weighted by molar-refractivity contribution is 5.89. The minimum absolute atomic E-state index is 0.398. The predicted octanol–water partition coefficient (Wildman–Crippen LogP) is 6.06. The molecule has 2 aromatic rings. The summed E-state index contributed by atoms with van der Waals surface area (Å²) in [6.07, 6.45) is 13.6. The Labute approximate surface area is 176 Å². The van der Waals surface area contributed by atoms with E-state index >= 15 is 0 Å². The zero-order chi connectivity index (χ0) is 20.0. The SMILES string of the molecule is CCCN1C[C@H](OC2CCCCC2)C[C@@H]2c3cccc4c3c(cn4C(C)C)C[C@H]21. The van der Waals surface area contributed by atoms with E-state index in [0.29, 0.717) is 30.2 Å². The number of benzene rings is 1. The smallest absolute Gasteiger partial charge is 0.0712 e. The molecule has 3 aliphatic rings.